The Bertz CT molecular complexity index is 75.7. The van der Waals surface area contributed by atoms with Crippen LogP contribution in [0.1, 0.15) is 6.92 Å². The number of aliphatic carboxylic acids is 1. The van der Waals surface area contributed by atoms with Gasteiger partial charge in [0.1, 0.15) is 0 Å². The van der Waals surface area contributed by atoms with E-state index < -0.39 is 5.97 Å². The van der Waals surface area contributed by atoms with E-state index in [0.29, 0.717) is 0 Å². The average Bonchev–Trinajstić information content (AvgIpc) is 1.36. The summed E-state index contributed by atoms with van der Waals surface area (Å²) in [7, 11) is 0. The van der Waals surface area contributed by atoms with Gasteiger partial charge in [0, 0.05) is 0 Å². The van der Waals surface area contributed by atoms with Crippen LogP contribution in [0.2, 0.25) is 0 Å². The average molecular weight is 124 g/mol. The first kappa shape index (κ1) is 10.8. The first-order chi connectivity index (χ1) is 2.64. The topological polar surface area (TPSA) is 40.1 Å². The summed E-state index contributed by atoms with van der Waals surface area (Å²) in [6.07, 6.45) is 0. The molecule has 0 saturated heterocycles. The van der Waals surface area contributed by atoms with Gasteiger partial charge in [-0.3, -0.25) is 0 Å². The molecule has 0 spiro atoms. The minimum absolute atomic E-state index is 0. The third kappa shape index (κ3) is 6.85. The minimum Gasteiger partial charge on any atom is -0.545 e. The number of carbonyl (C=O) groups excluding carboxylic acids is 1. The van der Waals surface area contributed by atoms with Crippen molar-refractivity contribution in [2.45, 2.75) is 6.92 Å². The number of rotatable bonds is 1. The Morgan fingerprint density at radius 1 is 1.71 bits per heavy atom. The molecule has 0 amide bonds. The molecular formula is C4H5KO2. The van der Waals surface area contributed by atoms with E-state index >= 15 is 0 Å². The summed E-state index contributed by atoms with van der Waals surface area (Å²) in [5.74, 6) is -1.19. The molecule has 7 heavy (non-hydrogen) atoms. The molecule has 0 aliphatic carbocycles. The van der Waals surface area contributed by atoms with Crippen molar-refractivity contribution < 1.29 is 61.3 Å². The fourth-order valence-electron chi connectivity index (χ4n) is 0. The van der Waals surface area contributed by atoms with Crippen LogP contribution in [0.15, 0.2) is 12.2 Å². The number of hydrogen-bond donors (Lipinski definition) is 0. The van der Waals surface area contributed by atoms with Crippen molar-refractivity contribution in [3.63, 3.8) is 0 Å². The second kappa shape index (κ2) is 4.99. The molecular weight excluding hydrogens is 119 g/mol. The first-order valence-corrected chi connectivity index (χ1v) is 1.51. The van der Waals surface area contributed by atoms with Crippen LogP contribution in [0, 0.1) is 0 Å². The molecule has 0 unspecified atom stereocenters. The van der Waals surface area contributed by atoms with Gasteiger partial charge in [0.25, 0.3) is 0 Å². The van der Waals surface area contributed by atoms with Gasteiger partial charge in [-0.15, -0.1) is 0 Å². The molecule has 3 heteroatoms. The summed E-state index contributed by atoms with van der Waals surface area (Å²) in [5.41, 5.74) is 0.0648. The van der Waals surface area contributed by atoms with E-state index in [1.54, 1.807) is 0 Å². The summed E-state index contributed by atoms with van der Waals surface area (Å²) in [6.45, 7) is 4.48. The third-order valence-electron chi connectivity index (χ3n) is 0.348. The molecule has 34 valence electrons. The Hall–Kier alpha value is 0.846. The standard InChI is InChI=1S/C4H6O2.K/c1-3(2)4(5)6;/h1H2,2H3,(H,5,6);/q;+1/p-1. The Balaban J connectivity index is 0. The van der Waals surface area contributed by atoms with Crippen LogP contribution in [-0.2, 0) is 4.79 Å². The Labute approximate surface area is 85.0 Å². The van der Waals surface area contributed by atoms with Crippen molar-refractivity contribution >= 4 is 5.97 Å². The van der Waals surface area contributed by atoms with Crippen LogP contribution in [0.4, 0.5) is 0 Å². The van der Waals surface area contributed by atoms with Crippen LogP contribution in [0.5, 0.6) is 0 Å². The zero-order valence-corrected chi connectivity index (χ0v) is 7.65. The largest absolute Gasteiger partial charge is 1.00 e. The van der Waals surface area contributed by atoms with Crippen molar-refractivity contribution in [2.24, 2.45) is 0 Å². The maximum atomic E-state index is 9.49. The monoisotopic (exact) mass is 124 g/mol. The Morgan fingerprint density at radius 2 is 1.86 bits per heavy atom. The van der Waals surface area contributed by atoms with Crippen molar-refractivity contribution in [2.75, 3.05) is 0 Å². The molecule has 0 atom stereocenters. The molecule has 0 aliphatic rings. The van der Waals surface area contributed by atoms with Gasteiger partial charge in [0.05, 0.1) is 5.97 Å². The zero-order valence-electron chi connectivity index (χ0n) is 4.52. The van der Waals surface area contributed by atoms with Crippen LogP contribution in [-0.4, -0.2) is 5.97 Å². The van der Waals surface area contributed by atoms with Gasteiger partial charge in [-0.25, -0.2) is 0 Å². The molecule has 0 fully saturated rings. The molecule has 0 aliphatic heterocycles. The van der Waals surface area contributed by atoms with Gasteiger partial charge in [0.15, 0.2) is 0 Å². The summed E-state index contributed by atoms with van der Waals surface area (Å²) in [6, 6.07) is 0. The molecule has 0 radical (unpaired) electrons. The smallest absolute Gasteiger partial charge is 0.545 e. The summed E-state index contributed by atoms with van der Waals surface area (Å²) in [4.78, 5) is 9.49. The van der Waals surface area contributed by atoms with E-state index in [1.165, 1.54) is 6.92 Å². The predicted octanol–water partition coefficient (Wildman–Crippen LogP) is -3.68. The quantitative estimate of drug-likeness (QED) is 0.267. The van der Waals surface area contributed by atoms with Gasteiger partial charge in [0.2, 0.25) is 0 Å². The number of carbonyl (C=O) groups is 1. The van der Waals surface area contributed by atoms with Gasteiger partial charge in [-0.1, -0.05) is 6.58 Å². The van der Waals surface area contributed by atoms with Gasteiger partial charge in [-0.2, -0.15) is 0 Å². The van der Waals surface area contributed by atoms with Crippen molar-refractivity contribution in [1.29, 1.82) is 0 Å². The minimum atomic E-state index is -1.19. The molecule has 0 rings (SSSR count). The SMILES string of the molecule is C=C(C)C(=O)[O-].[K+]. The van der Waals surface area contributed by atoms with Gasteiger partial charge < -0.3 is 9.90 Å². The molecule has 0 N–H and O–H groups in total. The maximum Gasteiger partial charge on any atom is 1.00 e. The fraction of sp³-hybridized carbons (Fsp3) is 0.250. The van der Waals surface area contributed by atoms with E-state index in [0.717, 1.165) is 0 Å². The zero-order chi connectivity index (χ0) is 5.15. The summed E-state index contributed by atoms with van der Waals surface area (Å²) < 4.78 is 0. The van der Waals surface area contributed by atoms with Crippen LogP contribution in [0.3, 0.4) is 0 Å². The predicted molar refractivity (Wildman–Crippen MR) is 19.8 cm³/mol. The van der Waals surface area contributed by atoms with E-state index in [-0.39, 0.29) is 57.0 Å². The molecule has 0 saturated carbocycles. The normalized spacial score (nSPS) is 6.43. The second-order valence-electron chi connectivity index (χ2n) is 1.07. The molecule has 0 bridgehead atoms. The van der Waals surface area contributed by atoms with Crippen LogP contribution >= 0.6 is 0 Å². The van der Waals surface area contributed by atoms with Crippen molar-refractivity contribution in [3.8, 4) is 0 Å². The molecule has 0 aromatic rings. The molecule has 0 heterocycles. The van der Waals surface area contributed by atoms with Crippen molar-refractivity contribution in [1.82, 2.24) is 0 Å². The van der Waals surface area contributed by atoms with Gasteiger partial charge >= 0.3 is 51.4 Å². The first-order valence-electron chi connectivity index (χ1n) is 1.51. The molecule has 0 aromatic carbocycles. The molecule has 0 aromatic heterocycles. The number of carboxylic acids is 1. The van der Waals surface area contributed by atoms with E-state index in [2.05, 4.69) is 6.58 Å². The van der Waals surface area contributed by atoms with E-state index in [1.807, 2.05) is 0 Å². The summed E-state index contributed by atoms with van der Waals surface area (Å²) >= 11 is 0. The fourth-order valence-corrected chi connectivity index (χ4v) is 0. The Kier molecular flexibility index (Phi) is 7.67. The van der Waals surface area contributed by atoms with Gasteiger partial charge in [-0.05, 0) is 12.5 Å². The van der Waals surface area contributed by atoms with Crippen LogP contribution in [0.25, 0.3) is 0 Å². The third-order valence-corrected chi connectivity index (χ3v) is 0.348. The van der Waals surface area contributed by atoms with Crippen molar-refractivity contribution in [3.05, 3.63) is 12.2 Å². The number of hydrogen-bond acceptors (Lipinski definition) is 2. The Morgan fingerprint density at radius 3 is 1.86 bits per heavy atom. The van der Waals surface area contributed by atoms with Crippen LogP contribution < -0.4 is 56.5 Å². The summed E-state index contributed by atoms with van der Waals surface area (Å²) in [5, 5.41) is 9.49. The number of carboxylic acid groups (broad SMARTS) is 1. The van der Waals surface area contributed by atoms with E-state index in [4.69, 9.17) is 0 Å². The second-order valence-corrected chi connectivity index (χ2v) is 1.07. The molecule has 2 nitrogen and oxygen atoms in total. The van der Waals surface area contributed by atoms with E-state index in [9.17, 15) is 9.90 Å². The maximum absolute atomic E-state index is 9.49.